The van der Waals surface area contributed by atoms with Crippen LogP contribution in [0.4, 0.5) is 0 Å². The van der Waals surface area contributed by atoms with Gasteiger partial charge < -0.3 is 4.90 Å². The lowest BCUT2D eigenvalue weighted by Gasteiger charge is -2.19. The predicted octanol–water partition coefficient (Wildman–Crippen LogP) is 1.86. The first-order valence-corrected chi connectivity index (χ1v) is 8.11. The number of carbonyl (C=O) groups excluding carboxylic acids is 1. The average molecular weight is 294 g/mol. The molecule has 0 aromatic heterocycles. The molecule has 0 aliphatic heterocycles. The third-order valence-electron chi connectivity index (χ3n) is 2.86. The molecule has 5 nitrogen and oxygen atoms in total. The first-order valence-electron chi connectivity index (χ1n) is 6.46. The molecule has 0 saturated heterocycles. The van der Waals surface area contributed by atoms with E-state index in [4.69, 9.17) is 5.26 Å². The molecule has 0 unspecified atom stereocenters. The molecule has 1 aromatic carbocycles. The Balaban J connectivity index is 3.27. The summed E-state index contributed by atoms with van der Waals surface area (Å²) in [7, 11) is -3.47. The van der Waals surface area contributed by atoms with Gasteiger partial charge in [0.1, 0.15) is 6.54 Å². The maximum absolute atomic E-state index is 12.3. The summed E-state index contributed by atoms with van der Waals surface area (Å²) in [5.41, 5.74) is 0.137. The van der Waals surface area contributed by atoms with Crippen molar-refractivity contribution in [1.29, 1.82) is 5.26 Å². The largest absolute Gasteiger partial charge is 0.326 e. The van der Waals surface area contributed by atoms with Gasteiger partial charge in [-0.05, 0) is 25.5 Å². The molecule has 6 heteroatoms. The number of nitrogens with zero attached hydrogens (tertiary/aromatic N) is 2. The highest BCUT2D eigenvalue weighted by Gasteiger charge is 2.24. The Morgan fingerprint density at radius 2 is 1.95 bits per heavy atom. The molecule has 0 fully saturated rings. The van der Waals surface area contributed by atoms with E-state index in [1.54, 1.807) is 26.0 Å². The van der Waals surface area contributed by atoms with Crippen molar-refractivity contribution in [2.75, 3.05) is 18.8 Å². The van der Waals surface area contributed by atoms with Gasteiger partial charge in [-0.15, -0.1) is 0 Å². The molecule has 0 radical (unpaired) electrons. The third kappa shape index (κ3) is 3.58. The standard InChI is InChI=1S/C14H18N2O3S/c1-3-11-20(18,19)13-8-6-5-7-12(13)14(17)16(4-2)10-9-15/h5-8H,3-4,10-11H2,1-2H3. The second kappa shape index (κ2) is 7.06. The minimum atomic E-state index is -3.47. The summed E-state index contributed by atoms with van der Waals surface area (Å²) in [5, 5.41) is 8.71. The number of carbonyl (C=O) groups is 1. The van der Waals surface area contributed by atoms with E-state index in [0.29, 0.717) is 13.0 Å². The molecule has 0 aliphatic carbocycles. The molecule has 0 saturated carbocycles. The van der Waals surface area contributed by atoms with Crippen molar-refractivity contribution in [3.63, 3.8) is 0 Å². The molecule has 0 heterocycles. The number of hydrogen-bond acceptors (Lipinski definition) is 4. The average Bonchev–Trinajstić information content (AvgIpc) is 2.44. The summed E-state index contributed by atoms with van der Waals surface area (Å²) in [6.45, 7) is 3.82. The lowest BCUT2D eigenvalue weighted by Crippen LogP contribution is -2.32. The zero-order valence-corrected chi connectivity index (χ0v) is 12.5. The van der Waals surface area contributed by atoms with Crippen molar-refractivity contribution in [3.8, 4) is 6.07 Å². The van der Waals surface area contributed by atoms with Crippen LogP contribution in [0.2, 0.25) is 0 Å². The summed E-state index contributed by atoms with van der Waals surface area (Å²) < 4.78 is 24.4. The van der Waals surface area contributed by atoms with E-state index in [1.165, 1.54) is 17.0 Å². The van der Waals surface area contributed by atoms with E-state index < -0.39 is 15.7 Å². The normalized spacial score (nSPS) is 10.8. The van der Waals surface area contributed by atoms with Crippen molar-refractivity contribution < 1.29 is 13.2 Å². The van der Waals surface area contributed by atoms with Crippen molar-refractivity contribution >= 4 is 15.7 Å². The number of nitriles is 1. The fourth-order valence-corrected chi connectivity index (χ4v) is 3.41. The minimum Gasteiger partial charge on any atom is -0.326 e. The molecular weight excluding hydrogens is 276 g/mol. The van der Waals surface area contributed by atoms with Gasteiger partial charge in [-0.3, -0.25) is 4.79 Å². The molecule has 0 spiro atoms. The van der Waals surface area contributed by atoms with Crippen molar-refractivity contribution in [2.24, 2.45) is 0 Å². The van der Waals surface area contributed by atoms with Crippen LogP contribution in [0.3, 0.4) is 0 Å². The van der Waals surface area contributed by atoms with Crippen LogP contribution in [0, 0.1) is 11.3 Å². The van der Waals surface area contributed by atoms with Crippen LogP contribution < -0.4 is 0 Å². The topological polar surface area (TPSA) is 78.2 Å². The van der Waals surface area contributed by atoms with E-state index in [0.717, 1.165) is 0 Å². The van der Waals surface area contributed by atoms with Gasteiger partial charge in [0.05, 0.1) is 22.3 Å². The Kier molecular flexibility index (Phi) is 5.71. The Hall–Kier alpha value is -1.87. The van der Waals surface area contributed by atoms with E-state index in [-0.39, 0.29) is 22.8 Å². The summed E-state index contributed by atoms with van der Waals surface area (Å²) in [5.74, 6) is -0.425. The Bertz CT molecular complexity index is 618. The van der Waals surface area contributed by atoms with Crippen molar-refractivity contribution in [1.82, 2.24) is 4.90 Å². The van der Waals surface area contributed by atoms with Gasteiger partial charge in [0.2, 0.25) is 0 Å². The fourth-order valence-electron chi connectivity index (χ4n) is 1.88. The van der Waals surface area contributed by atoms with Crippen molar-refractivity contribution in [2.45, 2.75) is 25.2 Å². The number of hydrogen-bond donors (Lipinski definition) is 0. The van der Waals surface area contributed by atoms with E-state index in [2.05, 4.69) is 0 Å². The molecule has 0 bridgehead atoms. The smallest absolute Gasteiger partial charge is 0.256 e. The SMILES string of the molecule is CCCS(=O)(=O)c1ccccc1C(=O)N(CC)CC#N. The molecule has 108 valence electrons. The number of rotatable bonds is 6. The second-order valence-corrected chi connectivity index (χ2v) is 6.37. The number of amides is 1. The zero-order chi connectivity index (χ0) is 15.2. The second-order valence-electron chi connectivity index (χ2n) is 4.29. The Morgan fingerprint density at radius 3 is 2.50 bits per heavy atom. The van der Waals surface area contributed by atoms with Crippen LogP contribution in [-0.4, -0.2) is 38.1 Å². The van der Waals surface area contributed by atoms with E-state index in [1.807, 2.05) is 6.07 Å². The van der Waals surface area contributed by atoms with E-state index >= 15 is 0 Å². The molecular formula is C14H18N2O3S. The van der Waals surface area contributed by atoms with Crippen LogP contribution in [0.5, 0.6) is 0 Å². The Morgan fingerprint density at radius 1 is 1.30 bits per heavy atom. The first kappa shape index (κ1) is 16.2. The van der Waals surface area contributed by atoms with Crippen LogP contribution in [0.1, 0.15) is 30.6 Å². The molecule has 1 amide bonds. The van der Waals surface area contributed by atoms with Gasteiger partial charge in [0.15, 0.2) is 9.84 Å². The van der Waals surface area contributed by atoms with Crippen LogP contribution >= 0.6 is 0 Å². The third-order valence-corrected chi connectivity index (χ3v) is 4.83. The van der Waals surface area contributed by atoms with Gasteiger partial charge in [0, 0.05) is 6.54 Å². The zero-order valence-electron chi connectivity index (χ0n) is 11.7. The van der Waals surface area contributed by atoms with Gasteiger partial charge in [-0.25, -0.2) is 8.42 Å². The van der Waals surface area contributed by atoms with Gasteiger partial charge in [0.25, 0.3) is 5.91 Å². The minimum absolute atomic E-state index is 0.00166. The van der Waals surface area contributed by atoms with Gasteiger partial charge >= 0.3 is 0 Å². The molecule has 0 atom stereocenters. The molecule has 1 aromatic rings. The van der Waals surface area contributed by atoms with Gasteiger partial charge in [-0.1, -0.05) is 19.1 Å². The molecule has 20 heavy (non-hydrogen) atoms. The van der Waals surface area contributed by atoms with Crippen molar-refractivity contribution in [3.05, 3.63) is 29.8 Å². The molecule has 0 aliphatic rings. The predicted molar refractivity (Wildman–Crippen MR) is 76.0 cm³/mol. The lowest BCUT2D eigenvalue weighted by molar-refractivity contribution is 0.0780. The Labute approximate surface area is 119 Å². The fraction of sp³-hybridized carbons (Fsp3) is 0.429. The summed E-state index contributed by atoms with van der Waals surface area (Å²) >= 11 is 0. The first-order chi connectivity index (χ1) is 9.47. The highest BCUT2D eigenvalue weighted by Crippen LogP contribution is 2.19. The van der Waals surface area contributed by atoms with Crippen LogP contribution in [0.25, 0.3) is 0 Å². The maximum Gasteiger partial charge on any atom is 0.256 e. The molecule has 1 rings (SSSR count). The van der Waals surface area contributed by atoms with Gasteiger partial charge in [-0.2, -0.15) is 5.26 Å². The van der Waals surface area contributed by atoms with E-state index in [9.17, 15) is 13.2 Å². The number of sulfone groups is 1. The van der Waals surface area contributed by atoms with Crippen LogP contribution in [-0.2, 0) is 9.84 Å². The highest BCUT2D eigenvalue weighted by atomic mass is 32.2. The lowest BCUT2D eigenvalue weighted by atomic mass is 10.2. The quantitative estimate of drug-likeness (QED) is 0.750. The monoisotopic (exact) mass is 294 g/mol. The molecule has 0 N–H and O–H groups in total. The highest BCUT2D eigenvalue weighted by molar-refractivity contribution is 7.91. The maximum atomic E-state index is 12.3. The van der Waals surface area contributed by atoms with Crippen LogP contribution in [0.15, 0.2) is 29.2 Å². The summed E-state index contributed by atoms with van der Waals surface area (Å²) in [6, 6.07) is 8.06. The summed E-state index contributed by atoms with van der Waals surface area (Å²) in [6.07, 6.45) is 0.487. The number of benzene rings is 1. The summed E-state index contributed by atoms with van der Waals surface area (Å²) in [4.78, 5) is 13.7.